The second-order valence-corrected chi connectivity index (χ2v) is 6.39. The predicted octanol–water partition coefficient (Wildman–Crippen LogP) is 2.44. The van der Waals surface area contributed by atoms with Gasteiger partial charge < -0.3 is 5.32 Å². The molecule has 2 rings (SSSR count). The number of aromatic nitrogens is 4. The Kier molecular flexibility index (Phi) is 5.94. The third kappa shape index (κ3) is 4.30. The Labute approximate surface area is 134 Å². The molecule has 0 fully saturated rings. The third-order valence-corrected chi connectivity index (χ3v) is 4.48. The van der Waals surface area contributed by atoms with Crippen LogP contribution in [0.1, 0.15) is 38.8 Å². The third-order valence-electron chi connectivity index (χ3n) is 3.17. The zero-order valence-electron chi connectivity index (χ0n) is 13.1. The summed E-state index contributed by atoms with van der Waals surface area (Å²) < 4.78 is 1.73. The highest BCUT2D eigenvalue weighted by Gasteiger charge is 2.21. The number of hydrogen-bond donors (Lipinski definition) is 1. The molecule has 1 atom stereocenters. The number of thioether (sulfide) groups is 1. The normalized spacial score (nSPS) is 12.4. The number of amides is 1. The zero-order chi connectivity index (χ0) is 15.9. The highest BCUT2D eigenvalue weighted by Crippen LogP contribution is 2.24. The molecule has 1 N–H and O–H groups in total. The second-order valence-electron chi connectivity index (χ2n) is 5.22. The molecule has 6 nitrogen and oxygen atoms in total. The summed E-state index contributed by atoms with van der Waals surface area (Å²) in [5.74, 6) is 0.00894. The van der Waals surface area contributed by atoms with Crippen molar-refractivity contribution in [2.75, 3.05) is 0 Å². The molecular formula is C15H21N5OS. The number of carbonyl (C=O) groups excluding carboxylic acids is 1. The molecule has 0 aliphatic rings. The molecule has 0 saturated carbocycles. The standard InChI is InChI=1S/C15H21N5OS/c1-4-13(22-15-17-18-19-20(15)11(2)3)14(21)16-10-12-8-6-5-7-9-12/h5-9,11,13H,4,10H2,1-3H3,(H,16,21). The molecule has 118 valence electrons. The molecule has 0 radical (unpaired) electrons. The van der Waals surface area contributed by atoms with Gasteiger partial charge in [-0.05, 0) is 36.3 Å². The van der Waals surface area contributed by atoms with Crippen LogP contribution in [0.3, 0.4) is 0 Å². The second kappa shape index (κ2) is 7.93. The lowest BCUT2D eigenvalue weighted by atomic mass is 10.2. The van der Waals surface area contributed by atoms with E-state index >= 15 is 0 Å². The first-order valence-electron chi connectivity index (χ1n) is 7.38. The maximum atomic E-state index is 12.3. The van der Waals surface area contributed by atoms with Crippen LogP contribution >= 0.6 is 11.8 Å². The van der Waals surface area contributed by atoms with Gasteiger partial charge in [0.05, 0.1) is 11.3 Å². The lowest BCUT2D eigenvalue weighted by Crippen LogP contribution is -2.32. The van der Waals surface area contributed by atoms with Crippen LogP contribution in [0.15, 0.2) is 35.5 Å². The average molecular weight is 319 g/mol. The Morgan fingerprint density at radius 3 is 2.68 bits per heavy atom. The van der Waals surface area contributed by atoms with Gasteiger partial charge in [0.15, 0.2) is 0 Å². The minimum absolute atomic E-state index is 0.00894. The number of nitrogens with zero attached hydrogens (tertiary/aromatic N) is 4. The van der Waals surface area contributed by atoms with Crippen molar-refractivity contribution in [1.82, 2.24) is 25.5 Å². The smallest absolute Gasteiger partial charge is 0.233 e. The summed E-state index contributed by atoms with van der Waals surface area (Å²) in [6, 6.07) is 10.0. The van der Waals surface area contributed by atoms with Gasteiger partial charge in [0.2, 0.25) is 11.1 Å². The lowest BCUT2D eigenvalue weighted by molar-refractivity contribution is -0.120. The number of hydrogen-bond acceptors (Lipinski definition) is 5. The first-order valence-corrected chi connectivity index (χ1v) is 8.26. The first-order chi connectivity index (χ1) is 10.6. The molecule has 0 aliphatic carbocycles. The summed E-state index contributed by atoms with van der Waals surface area (Å²) in [7, 11) is 0. The Morgan fingerprint density at radius 2 is 2.05 bits per heavy atom. The van der Waals surface area contributed by atoms with Gasteiger partial charge in [0.25, 0.3) is 0 Å². The van der Waals surface area contributed by atoms with E-state index in [1.165, 1.54) is 11.8 Å². The Morgan fingerprint density at radius 1 is 1.32 bits per heavy atom. The molecule has 1 heterocycles. The largest absolute Gasteiger partial charge is 0.351 e. The van der Waals surface area contributed by atoms with Crippen LogP contribution < -0.4 is 5.32 Å². The summed E-state index contributed by atoms with van der Waals surface area (Å²) in [6.45, 7) is 6.54. The fourth-order valence-electron chi connectivity index (χ4n) is 1.94. The Bertz CT molecular complexity index is 599. The van der Waals surface area contributed by atoms with Crippen molar-refractivity contribution in [2.45, 2.75) is 50.2 Å². The molecular weight excluding hydrogens is 298 g/mol. The summed E-state index contributed by atoms with van der Waals surface area (Å²) >= 11 is 1.41. The minimum atomic E-state index is -0.202. The molecule has 1 unspecified atom stereocenters. The van der Waals surface area contributed by atoms with Gasteiger partial charge in [-0.25, -0.2) is 4.68 Å². The van der Waals surface area contributed by atoms with E-state index in [0.717, 1.165) is 12.0 Å². The number of nitrogens with one attached hydrogen (secondary N) is 1. The summed E-state index contributed by atoms with van der Waals surface area (Å²) in [5, 5.41) is 15.1. The molecule has 2 aromatic rings. The molecule has 1 amide bonds. The fourth-order valence-corrected chi connectivity index (χ4v) is 2.99. The maximum absolute atomic E-state index is 12.3. The number of tetrazole rings is 1. The average Bonchev–Trinajstić information content (AvgIpc) is 2.99. The van der Waals surface area contributed by atoms with Gasteiger partial charge in [-0.2, -0.15) is 0 Å². The van der Waals surface area contributed by atoms with Crippen molar-refractivity contribution < 1.29 is 4.79 Å². The molecule has 22 heavy (non-hydrogen) atoms. The summed E-state index contributed by atoms with van der Waals surface area (Å²) in [5.41, 5.74) is 1.09. The molecule has 0 aliphatic heterocycles. The van der Waals surface area contributed by atoms with Crippen molar-refractivity contribution >= 4 is 17.7 Å². The van der Waals surface area contributed by atoms with E-state index in [-0.39, 0.29) is 17.2 Å². The molecule has 0 bridgehead atoms. The van der Waals surface area contributed by atoms with Crippen molar-refractivity contribution in [3.8, 4) is 0 Å². The van der Waals surface area contributed by atoms with Crippen molar-refractivity contribution in [2.24, 2.45) is 0 Å². The van der Waals surface area contributed by atoms with Gasteiger partial charge in [-0.3, -0.25) is 4.79 Å². The summed E-state index contributed by atoms with van der Waals surface area (Å²) in [4.78, 5) is 12.3. The van der Waals surface area contributed by atoms with E-state index < -0.39 is 0 Å². The van der Waals surface area contributed by atoms with Crippen LogP contribution in [-0.4, -0.2) is 31.4 Å². The molecule has 0 spiro atoms. The number of benzene rings is 1. The predicted molar refractivity (Wildman–Crippen MR) is 86.4 cm³/mol. The van der Waals surface area contributed by atoms with Gasteiger partial charge >= 0.3 is 0 Å². The van der Waals surface area contributed by atoms with Crippen molar-refractivity contribution in [3.05, 3.63) is 35.9 Å². The minimum Gasteiger partial charge on any atom is -0.351 e. The van der Waals surface area contributed by atoms with Crippen LogP contribution in [0.4, 0.5) is 0 Å². The van der Waals surface area contributed by atoms with Crippen LogP contribution in [0.25, 0.3) is 0 Å². The van der Waals surface area contributed by atoms with Crippen LogP contribution in [0.5, 0.6) is 0 Å². The number of rotatable bonds is 7. The van der Waals surface area contributed by atoms with Gasteiger partial charge in [0.1, 0.15) is 0 Å². The van der Waals surface area contributed by atoms with Crippen LogP contribution in [-0.2, 0) is 11.3 Å². The molecule has 1 aromatic carbocycles. The van der Waals surface area contributed by atoms with Crippen LogP contribution in [0.2, 0.25) is 0 Å². The van der Waals surface area contributed by atoms with E-state index in [0.29, 0.717) is 11.7 Å². The van der Waals surface area contributed by atoms with Crippen molar-refractivity contribution in [3.63, 3.8) is 0 Å². The summed E-state index contributed by atoms with van der Waals surface area (Å²) in [6.07, 6.45) is 0.718. The zero-order valence-corrected chi connectivity index (χ0v) is 13.9. The van der Waals surface area contributed by atoms with E-state index in [1.54, 1.807) is 4.68 Å². The Hall–Kier alpha value is -1.89. The highest BCUT2D eigenvalue weighted by atomic mass is 32.2. The number of carbonyl (C=O) groups is 1. The van der Waals surface area contributed by atoms with Gasteiger partial charge in [-0.1, -0.05) is 49.0 Å². The van der Waals surface area contributed by atoms with E-state index in [2.05, 4.69) is 20.8 Å². The van der Waals surface area contributed by atoms with Crippen molar-refractivity contribution in [1.29, 1.82) is 0 Å². The van der Waals surface area contributed by atoms with Gasteiger partial charge in [-0.15, -0.1) is 5.10 Å². The Balaban J connectivity index is 1.95. The molecule has 0 saturated heterocycles. The first kappa shape index (κ1) is 16.5. The molecule has 1 aromatic heterocycles. The maximum Gasteiger partial charge on any atom is 0.233 e. The van der Waals surface area contributed by atoms with E-state index in [9.17, 15) is 4.79 Å². The SMILES string of the molecule is CCC(Sc1nnnn1C(C)C)C(=O)NCc1ccccc1. The van der Waals surface area contributed by atoms with E-state index in [4.69, 9.17) is 0 Å². The van der Waals surface area contributed by atoms with Gasteiger partial charge in [0, 0.05) is 6.54 Å². The van der Waals surface area contributed by atoms with E-state index in [1.807, 2.05) is 51.1 Å². The highest BCUT2D eigenvalue weighted by molar-refractivity contribution is 8.00. The topological polar surface area (TPSA) is 72.7 Å². The lowest BCUT2D eigenvalue weighted by Gasteiger charge is -2.15. The molecule has 7 heteroatoms. The quantitative estimate of drug-likeness (QED) is 0.794. The van der Waals surface area contributed by atoms with Crippen LogP contribution in [0, 0.1) is 0 Å². The fraction of sp³-hybridized carbons (Fsp3) is 0.467. The monoisotopic (exact) mass is 319 g/mol.